The molecule has 1 aliphatic heterocycles. The Balaban J connectivity index is 1.97. The molecule has 2 atom stereocenters. The van der Waals surface area contributed by atoms with Crippen LogP contribution in [-0.2, 0) is 14.8 Å². The second-order valence-electron chi connectivity index (χ2n) is 5.86. The summed E-state index contributed by atoms with van der Waals surface area (Å²) in [5.41, 5.74) is 0. The molecule has 2 rings (SSSR count). The van der Waals surface area contributed by atoms with E-state index in [1.54, 1.807) is 7.05 Å². The van der Waals surface area contributed by atoms with Gasteiger partial charge in [0.25, 0.3) is 0 Å². The van der Waals surface area contributed by atoms with Crippen LogP contribution in [0.2, 0.25) is 5.02 Å². The summed E-state index contributed by atoms with van der Waals surface area (Å²) in [5, 5.41) is 2.36. The van der Waals surface area contributed by atoms with Crippen molar-refractivity contribution in [2.24, 2.45) is 0 Å². The van der Waals surface area contributed by atoms with Gasteiger partial charge in [-0.2, -0.15) is 0 Å². The number of hydrogen-bond acceptors (Lipinski definition) is 4. The van der Waals surface area contributed by atoms with E-state index in [2.05, 4.69) is 10.0 Å². The molecule has 1 amide bonds. The summed E-state index contributed by atoms with van der Waals surface area (Å²) in [6.45, 7) is 0.220. The fourth-order valence-electron chi connectivity index (χ4n) is 2.83. The molecule has 134 valence electrons. The first kappa shape index (κ1) is 19.1. The van der Waals surface area contributed by atoms with Crippen molar-refractivity contribution in [3.63, 3.8) is 0 Å². The Labute approximate surface area is 146 Å². The Morgan fingerprint density at radius 3 is 2.67 bits per heavy atom. The van der Waals surface area contributed by atoms with E-state index in [4.69, 9.17) is 11.6 Å². The predicted molar refractivity (Wildman–Crippen MR) is 89.9 cm³/mol. The van der Waals surface area contributed by atoms with Gasteiger partial charge in [-0.25, -0.2) is 17.5 Å². The van der Waals surface area contributed by atoms with Crippen LogP contribution < -0.4 is 10.0 Å². The van der Waals surface area contributed by atoms with Crippen molar-refractivity contribution in [2.45, 2.75) is 36.2 Å². The first-order chi connectivity index (χ1) is 11.2. The van der Waals surface area contributed by atoms with Gasteiger partial charge in [0.05, 0.1) is 9.92 Å². The normalized spacial score (nSPS) is 21.8. The van der Waals surface area contributed by atoms with Crippen molar-refractivity contribution >= 4 is 27.5 Å². The number of carbonyl (C=O) groups excluding carboxylic acids is 1. The number of halogens is 2. The third-order valence-electron chi connectivity index (χ3n) is 4.40. The maximum Gasteiger partial charge on any atom is 0.240 e. The van der Waals surface area contributed by atoms with Crippen LogP contribution in [0.4, 0.5) is 4.39 Å². The summed E-state index contributed by atoms with van der Waals surface area (Å²) in [6, 6.07) is 3.39. The molecule has 0 unspecified atom stereocenters. The smallest absolute Gasteiger partial charge is 0.240 e. The monoisotopic (exact) mass is 377 g/mol. The number of sulfonamides is 1. The Morgan fingerprint density at radius 2 is 2.04 bits per heavy atom. The van der Waals surface area contributed by atoms with E-state index in [1.807, 2.05) is 11.9 Å². The molecular weight excluding hydrogens is 357 g/mol. The second-order valence-corrected chi connectivity index (χ2v) is 8.03. The molecule has 1 aliphatic rings. The molecule has 2 N–H and O–H groups in total. The minimum absolute atomic E-state index is 0.00496. The Hall–Kier alpha value is -1.22. The fourth-order valence-corrected chi connectivity index (χ4v) is 4.18. The molecule has 1 saturated heterocycles. The molecule has 0 bridgehead atoms. The third-order valence-corrected chi connectivity index (χ3v) is 6.11. The van der Waals surface area contributed by atoms with Crippen LogP contribution in [0.1, 0.15) is 19.3 Å². The number of carbonyl (C=O) groups is 1. The highest BCUT2D eigenvalue weighted by Crippen LogP contribution is 2.25. The Morgan fingerprint density at radius 1 is 1.38 bits per heavy atom. The van der Waals surface area contributed by atoms with Gasteiger partial charge >= 0.3 is 0 Å². The minimum Gasteiger partial charge on any atom is -0.359 e. The van der Waals surface area contributed by atoms with Gasteiger partial charge in [-0.1, -0.05) is 11.6 Å². The summed E-state index contributed by atoms with van der Waals surface area (Å²) in [7, 11) is -0.285. The number of nitrogens with one attached hydrogen (secondary N) is 2. The highest BCUT2D eigenvalue weighted by molar-refractivity contribution is 7.89. The Bertz CT molecular complexity index is 714. The third kappa shape index (κ3) is 4.44. The molecule has 1 heterocycles. The molecule has 0 radical (unpaired) electrons. The highest BCUT2D eigenvalue weighted by atomic mass is 35.5. The first-order valence-corrected chi connectivity index (χ1v) is 9.48. The summed E-state index contributed by atoms with van der Waals surface area (Å²) >= 11 is 5.64. The largest absolute Gasteiger partial charge is 0.359 e. The van der Waals surface area contributed by atoms with E-state index in [0.29, 0.717) is 6.42 Å². The van der Waals surface area contributed by atoms with E-state index in [9.17, 15) is 17.6 Å². The standard InChI is InChI=1S/C15H21ClFN3O3S/c1-18-15(21)7-10-3-4-11(20(10)2)9-19-24(22,23)12-5-6-14(17)13(16)8-12/h5-6,8,10-11,19H,3-4,7,9H2,1-2H3,(H,18,21)/t10-,11+/m1/s1. The van der Waals surface area contributed by atoms with E-state index in [-0.39, 0.29) is 34.5 Å². The van der Waals surface area contributed by atoms with Crippen LogP contribution in [0.25, 0.3) is 0 Å². The number of amides is 1. The van der Waals surface area contributed by atoms with Crippen molar-refractivity contribution in [1.82, 2.24) is 14.9 Å². The molecule has 0 saturated carbocycles. The van der Waals surface area contributed by atoms with E-state index < -0.39 is 15.8 Å². The van der Waals surface area contributed by atoms with Gasteiger partial charge in [0.2, 0.25) is 15.9 Å². The molecule has 0 spiro atoms. The molecular formula is C15H21ClFN3O3S. The number of benzene rings is 1. The van der Waals surface area contributed by atoms with Crippen molar-refractivity contribution in [3.8, 4) is 0 Å². The zero-order valence-corrected chi connectivity index (χ0v) is 15.1. The average Bonchev–Trinajstić information content (AvgIpc) is 2.88. The maximum atomic E-state index is 13.2. The summed E-state index contributed by atoms with van der Waals surface area (Å²) in [5.74, 6) is -0.697. The molecule has 0 aromatic heterocycles. The van der Waals surface area contributed by atoms with Gasteiger partial charge in [0.1, 0.15) is 5.82 Å². The molecule has 0 aliphatic carbocycles. The Kier molecular flexibility index (Phi) is 6.19. The number of rotatable bonds is 6. The quantitative estimate of drug-likeness (QED) is 0.784. The number of likely N-dealkylation sites (tertiary alicyclic amines) is 1. The molecule has 6 nitrogen and oxygen atoms in total. The number of hydrogen-bond donors (Lipinski definition) is 2. The maximum absolute atomic E-state index is 13.2. The minimum atomic E-state index is -3.76. The lowest BCUT2D eigenvalue weighted by Gasteiger charge is -2.25. The van der Waals surface area contributed by atoms with Crippen LogP contribution >= 0.6 is 11.6 Å². The van der Waals surface area contributed by atoms with Gasteiger partial charge in [0, 0.05) is 32.1 Å². The number of likely N-dealkylation sites (N-methyl/N-ethyl adjacent to an activating group) is 1. The van der Waals surface area contributed by atoms with Crippen molar-refractivity contribution < 1.29 is 17.6 Å². The topological polar surface area (TPSA) is 78.5 Å². The van der Waals surface area contributed by atoms with Crippen molar-refractivity contribution in [3.05, 3.63) is 29.0 Å². The van der Waals surface area contributed by atoms with Crippen LogP contribution in [0.15, 0.2) is 23.1 Å². The lowest BCUT2D eigenvalue weighted by Crippen LogP contribution is -2.42. The SMILES string of the molecule is CNC(=O)C[C@H]1CC[C@@H](CNS(=O)(=O)c2ccc(F)c(Cl)c2)N1C. The fraction of sp³-hybridized carbons (Fsp3) is 0.533. The van der Waals surface area contributed by atoms with Crippen molar-refractivity contribution in [2.75, 3.05) is 20.6 Å². The molecule has 9 heteroatoms. The molecule has 1 aromatic carbocycles. The molecule has 24 heavy (non-hydrogen) atoms. The zero-order valence-electron chi connectivity index (χ0n) is 13.6. The van der Waals surface area contributed by atoms with Crippen LogP contribution in [-0.4, -0.2) is 51.9 Å². The summed E-state index contributed by atoms with van der Waals surface area (Å²) < 4.78 is 40.3. The lowest BCUT2D eigenvalue weighted by atomic mass is 10.1. The molecule has 1 fully saturated rings. The van der Waals surface area contributed by atoms with Crippen molar-refractivity contribution in [1.29, 1.82) is 0 Å². The summed E-state index contributed by atoms with van der Waals surface area (Å²) in [4.78, 5) is 13.4. The highest BCUT2D eigenvalue weighted by Gasteiger charge is 2.32. The van der Waals surface area contributed by atoms with Gasteiger partial charge in [-0.05, 0) is 38.1 Å². The predicted octanol–water partition coefficient (Wildman–Crippen LogP) is 1.36. The summed E-state index contributed by atoms with van der Waals surface area (Å²) in [6.07, 6.45) is 2.02. The van der Waals surface area contributed by atoms with Gasteiger partial charge in [-0.3, -0.25) is 9.69 Å². The van der Waals surface area contributed by atoms with E-state index in [1.165, 1.54) is 6.07 Å². The average molecular weight is 378 g/mol. The number of nitrogens with zero attached hydrogens (tertiary/aromatic N) is 1. The zero-order chi connectivity index (χ0) is 17.9. The first-order valence-electron chi connectivity index (χ1n) is 7.62. The van der Waals surface area contributed by atoms with Crippen LogP contribution in [0.3, 0.4) is 0 Å². The second kappa shape index (κ2) is 7.77. The van der Waals surface area contributed by atoms with Crippen LogP contribution in [0.5, 0.6) is 0 Å². The van der Waals surface area contributed by atoms with Gasteiger partial charge in [-0.15, -0.1) is 0 Å². The van der Waals surface area contributed by atoms with Crippen LogP contribution in [0, 0.1) is 5.82 Å². The van der Waals surface area contributed by atoms with Gasteiger partial charge in [0.15, 0.2) is 0 Å². The van der Waals surface area contributed by atoms with E-state index in [0.717, 1.165) is 25.0 Å². The van der Waals surface area contributed by atoms with Gasteiger partial charge < -0.3 is 5.32 Å². The van der Waals surface area contributed by atoms with E-state index >= 15 is 0 Å². The lowest BCUT2D eigenvalue weighted by molar-refractivity contribution is -0.121. The molecule has 1 aromatic rings.